The zero-order chi connectivity index (χ0) is 21.8. The van der Waals surface area contributed by atoms with E-state index in [2.05, 4.69) is 4.18 Å². The Morgan fingerprint density at radius 3 is 2.14 bits per heavy atom. The first-order valence-electron chi connectivity index (χ1n) is 8.51. The fraction of sp³-hybridized carbons (Fsp3) is 0.333. The van der Waals surface area contributed by atoms with Crippen LogP contribution < -0.4 is 4.31 Å². The highest BCUT2D eigenvalue weighted by atomic mass is 35.5. The van der Waals surface area contributed by atoms with E-state index in [1.165, 1.54) is 36.4 Å². The Bertz CT molecular complexity index is 1060. The predicted molar refractivity (Wildman–Crippen MR) is 117 cm³/mol. The summed E-state index contributed by atoms with van der Waals surface area (Å²) in [5, 5.41) is 0.910. The first kappa shape index (κ1) is 24.2. The average Bonchev–Trinajstić information content (AvgIpc) is 2.65. The van der Waals surface area contributed by atoms with Crippen molar-refractivity contribution in [1.82, 2.24) is 0 Å². The molecule has 0 saturated carbocycles. The summed E-state index contributed by atoms with van der Waals surface area (Å²) in [5.41, 5.74) is 0.205. The minimum absolute atomic E-state index is 0.0225. The van der Waals surface area contributed by atoms with E-state index in [0.29, 0.717) is 10.0 Å². The molecular weight excluding hydrogens is 481 g/mol. The van der Waals surface area contributed by atoms with Crippen molar-refractivity contribution in [2.75, 3.05) is 17.2 Å². The molecule has 6 nitrogen and oxygen atoms in total. The lowest BCUT2D eigenvalue weighted by molar-refractivity contribution is 0.396. The summed E-state index contributed by atoms with van der Waals surface area (Å²) in [6.45, 7) is 1.67. The zero-order valence-electron chi connectivity index (χ0n) is 15.7. The minimum Gasteiger partial charge on any atom is -0.273 e. The molecule has 2 aromatic carbocycles. The molecule has 0 heterocycles. The van der Waals surface area contributed by atoms with Gasteiger partial charge in [-0.05, 0) is 62.2 Å². The van der Waals surface area contributed by atoms with Crippen LogP contribution in [-0.4, -0.2) is 35.7 Å². The van der Waals surface area contributed by atoms with Gasteiger partial charge in [0.1, 0.15) is 0 Å². The fourth-order valence-corrected chi connectivity index (χ4v) is 5.67. The number of halogens is 3. The molecule has 2 rings (SSSR count). The van der Waals surface area contributed by atoms with Gasteiger partial charge in [-0.2, -0.15) is 8.42 Å². The van der Waals surface area contributed by atoms with Crippen molar-refractivity contribution < 1.29 is 21.0 Å². The summed E-state index contributed by atoms with van der Waals surface area (Å²) in [7, 11) is -6.59. The maximum absolute atomic E-state index is 13.4. The third-order valence-corrected chi connectivity index (χ3v) is 8.23. The van der Waals surface area contributed by atoms with Crippen LogP contribution >= 0.6 is 34.8 Å². The van der Waals surface area contributed by atoms with E-state index < -0.39 is 26.2 Å². The van der Waals surface area contributed by atoms with Crippen molar-refractivity contribution in [1.29, 1.82) is 0 Å². The van der Waals surface area contributed by atoms with Gasteiger partial charge in [-0.25, -0.2) is 8.42 Å². The van der Waals surface area contributed by atoms with E-state index in [1.807, 2.05) is 0 Å². The van der Waals surface area contributed by atoms with E-state index in [-0.39, 0.29) is 34.2 Å². The first-order valence-corrected chi connectivity index (χ1v) is 12.7. The Balaban J connectivity index is 2.46. The molecule has 1 atom stereocenters. The van der Waals surface area contributed by atoms with Gasteiger partial charge in [-0.15, -0.1) is 0 Å². The molecular formula is C18H20Cl3NO5S2. The molecule has 0 spiro atoms. The third kappa shape index (κ3) is 6.23. The summed E-state index contributed by atoms with van der Waals surface area (Å²) in [5.74, 6) is -0.230. The molecule has 0 N–H and O–H groups in total. The van der Waals surface area contributed by atoms with E-state index >= 15 is 0 Å². The van der Waals surface area contributed by atoms with Gasteiger partial charge in [0.05, 0.1) is 28.5 Å². The van der Waals surface area contributed by atoms with Crippen LogP contribution in [0.25, 0.3) is 0 Å². The number of anilines is 1. The molecule has 11 heteroatoms. The molecule has 0 amide bonds. The molecule has 0 aliphatic carbocycles. The molecule has 29 heavy (non-hydrogen) atoms. The van der Waals surface area contributed by atoms with Crippen molar-refractivity contribution in [3.05, 3.63) is 57.5 Å². The van der Waals surface area contributed by atoms with Crippen LogP contribution in [-0.2, 0) is 24.3 Å². The molecule has 0 bridgehead atoms. The predicted octanol–water partition coefficient (Wildman–Crippen LogP) is 4.99. The molecule has 160 valence electrons. The van der Waals surface area contributed by atoms with Crippen LogP contribution in [0, 0.1) is 0 Å². The van der Waals surface area contributed by atoms with Crippen molar-refractivity contribution in [3.63, 3.8) is 0 Å². The quantitative estimate of drug-likeness (QED) is 0.453. The Morgan fingerprint density at radius 1 is 0.966 bits per heavy atom. The Kier molecular flexibility index (Phi) is 8.23. The van der Waals surface area contributed by atoms with Crippen molar-refractivity contribution >= 4 is 60.6 Å². The maximum atomic E-state index is 13.4. The van der Waals surface area contributed by atoms with Crippen molar-refractivity contribution in [2.45, 2.75) is 30.7 Å². The smallest absolute Gasteiger partial charge is 0.267 e. The zero-order valence-corrected chi connectivity index (χ0v) is 19.6. The second kappa shape index (κ2) is 9.85. The summed E-state index contributed by atoms with van der Waals surface area (Å²) in [4.78, 5) is 0.0225. The highest BCUT2D eigenvalue weighted by Crippen LogP contribution is 2.35. The van der Waals surface area contributed by atoms with Crippen LogP contribution in [0.4, 0.5) is 5.69 Å². The second-order valence-electron chi connectivity index (χ2n) is 6.27. The summed E-state index contributed by atoms with van der Waals surface area (Å²) >= 11 is 18.2. The SMILES string of the molecule is COS(=O)(=O)CCCC(C)N(c1cc(Cl)ccc1Cl)S(=O)(=O)c1ccc(Cl)cc1. The second-order valence-corrected chi connectivity index (χ2v) is 11.2. The average molecular weight is 501 g/mol. The Morgan fingerprint density at radius 2 is 1.55 bits per heavy atom. The van der Waals surface area contributed by atoms with E-state index in [4.69, 9.17) is 34.8 Å². The lowest BCUT2D eigenvalue weighted by Gasteiger charge is -2.31. The Hall–Kier alpha value is -1.03. The summed E-state index contributed by atoms with van der Waals surface area (Å²) in [6.07, 6.45) is 0.445. The summed E-state index contributed by atoms with van der Waals surface area (Å²) < 4.78 is 55.5. The van der Waals surface area contributed by atoms with Gasteiger partial charge < -0.3 is 0 Å². The van der Waals surface area contributed by atoms with Crippen molar-refractivity contribution in [3.8, 4) is 0 Å². The number of hydrogen-bond acceptors (Lipinski definition) is 5. The van der Waals surface area contributed by atoms with E-state index in [9.17, 15) is 16.8 Å². The number of rotatable bonds is 9. The lowest BCUT2D eigenvalue weighted by atomic mass is 10.2. The molecule has 0 fully saturated rings. The number of sulfonamides is 1. The number of nitrogens with zero attached hydrogens (tertiary/aromatic N) is 1. The highest BCUT2D eigenvalue weighted by Gasteiger charge is 2.31. The Labute approximate surface area is 186 Å². The van der Waals surface area contributed by atoms with Gasteiger partial charge in [0.2, 0.25) is 0 Å². The third-order valence-electron chi connectivity index (χ3n) is 4.19. The first-order chi connectivity index (χ1) is 13.5. The molecule has 0 saturated heterocycles. The maximum Gasteiger partial charge on any atom is 0.267 e. The topological polar surface area (TPSA) is 80.8 Å². The number of benzene rings is 2. The van der Waals surface area contributed by atoms with Crippen molar-refractivity contribution in [2.24, 2.45) is 0 Å². The molecule has 0 radical (unpaired) electrons. The van der Waals surface area contributed by atoms with Gasteiger partial charge in [-0.1, -0.05) is 34.8 Å². The molecule has 0 aliphatic rings. The van der Waals surface area contributed by atoms with Gasteiger partial charge >= 0.3 is 0 Å². The van der Waals surface area contributed by atoms with Gasteiger partial charge in [0.25, 0.3) is 20.1 Å². The molecule has 2 aromatic rings. The van der Waals surface area contributed by atoms with Crippen LogP contribution in [0.5, 0.6) is 0 Å². The molecule has 0 aliphatic heterocycles. The summed E-state index contributed by atoms with van der Waals surface area (Å²) in [6, 6.07) is 9.64. The van der Waals surface area contributed by atoms with Gasteiger partial charge in [0, 0.05) is 16.1 Å². The van der Waals surface area contributed by atoms with Gasteiger partial charge in [-0.3, -0.25) is 8.49 Å². The minimum atomic E-state index is -4.03. The highest BCUT2D eigenvalue weighted by molar-refractivity contribution is 7.92. The van der Waals surface area contributed by atoms with Crippen LogP contribution in [0.1, 0.15) is 19.8 Å². The van der Waals surface area contributed by atoms with E-state index in [0.717, 1.165) is 11.4 Å². The monoisotopic (exact) mass is 499 g/mol. The lowest BCUT2D eigenvalue weighted by Crippen LogP contribution is -2.39. The largest absolute Gasteiger partial charge is 0.273 e. The van der Waals surface area contributed by atoms with Crippen LogP contribution in [0.2, 0.25) is 15.1 Å². The number of hydrogen-bond donors (Lipinski definition) is 0. The van der Waals surface area contributed by atoms with E-state index in [1.54, 1.807) is 13.0 Å². The standard InChI is InChI=1S/C18H20Cl3NO5S2/c1-13(4-3-11-28(23,24)27-2)22(18-12-15(20)7-10-17(18)21)29(25,26)16-8-5-14(19)6-9-16/h5-10,12-13H,3-4,11H2,1-2H3. The van der Waals surface area contributed by atoms with Crippen LogP contribution in [0.15, 0.2) is 47.4 Å². The van der Waals surface area contributed by atoms with Gasteiger partial charge in [0.15, 0.2) is 0 Å². The van der Waals surface area contributed by atoms with Crippen LogP contribution in [0.3, 0.4) is 0 Å². The molecule has 0 aromatic heterocycles. The normalized spacial score (nSPS) is 13.3. The fourth-order valence-electron chi connectivity index (χ4n) is 2.73. The molecule has 1 unspecified atom stereocenters.